The van der Waals surface area contributed by atoms with Crippen LogP contribution in [0.15, 0.2) is 11.9 Å². The molecule has 4 heteroatoms. The molecule has 0 rings (SSSR count). The van der Waals surface area contributed by atoms with Gasteiger partial charge in [0.2, 0.25) is 0 Å². The third kappa shape index (κ3) is 2.84. The van der Waals surface area contributed by atoms with Gasteiger partial charge in [-0.2, -0.15) is 0 Å². The average Bonchev–Trinajstić information content (AvgIpc) is 1.83. The Morgan fingerprint density at radius 2 is 2.50 bits per heavy atom. The molecule has 0 bridgehead atoms. The lowest BCUT2D eigenvalue weighted by Crippen LogP contribution is -2.12. The van der Waals surface area contributed by atoms with Gasteiger partial charge in [0.25, 0.3) is 0 Å². The molecule has 0 aromatic rings. The molecule has 0 amide bonds. The second-order valence-electron chi connectivity index (χ2n) is 1.05. The highest BCUT2D eigenvalue weighted by Gasteiger charge is 1.85. The lowest BCUT2D eigenvalue weighted by atomic mass is 10.5. The van der Waals surface area contributed by atoms with Crippen LogP contribution in [0.25, 0.3) is 0 Å². The minimum absolute atomic E-state index is 0.430. The van der Waals surface area contributed by atoms with E-state index >= 15 is 0 Å². The van der Waals surface area contributed by atoms with Crippen LogP contribution in [0.2, 0.25) is 0 Å². The molecule has 0 aliphatic carbocycles. The van der Waals surface area contributed by atoms with E-state index in [1.807, 2.05) is 0 Å². The number of alkyl halides is 1. The fraction of sp³-hybridized carbons (Fsp3) is 0.250. The molecule has 0 unspecified atom stereocenters. The third-order valence-electron chi connectivity index (χ3n) is 0.577. The Bertz CT molecular complexity index is 102. The summed E-state index contributed by atoms with van der Waals surface area (Å²) in [7, 11) is 0. The number of rotatable bonds is 3. The maximum atomic E-state index is 9.91. The molecule has 0 aliphatic rings. The van der Waals surface area contributed by atoms with Crippen LogP contribution in [0.3, 0.4) is 0 Å². The zero-order valence-electron chi connectivity index (χ0n) is 4.23. The molecule has 0 aromatic heterocycles. The van der Waals surface area contributed by atoms with E-state index < -0.39 is 0 Å². The van der Waals surface area contributed by atoms with Crippen LogP contribution in [0.5, 0.6) is 0 Å². The van der Waals surface area contributed by atoms with E-state index in [4.69, 9.17) is 5.73 Å². The Labute approximate surface area is 61.5 Å². The highest BCUT2D eigenvalue weighted by atomic mass is 127. The summed E-state index contributed by atoms with van der Waals surface area (Å²) in [4.78, 5) is 9.91. The monoisotopic (exact) mass is 226 g/mol. The van der Waals surface area contributed by atoms with Gasteiger partial charge in [-0.05, 0) is 0 Å². The topological polar surface area (TPSA) is 55.1 Å². The van der Waals surface area contributed by atoms with Crippen molar-refractivity contribution in [2.24, 2.45) is 5.73 Å². The standard InChI is InChI=1S/C4H7IN2O/c5-3-7-4(1-6)2-8/h1-2,7H,3,6H2/b4-1-. The van der Waals surface area contributed by atoms with Crippen molar-refractivity contribution in [3.8, 4) is 0 Å². The van der Waals surface area contributed by atoms with Crippen LogP contribution < -0.4 is 11.1 Å². The summed E-state index contributed by atoms with van der Waals surface area (Å²) in [6.07, 6.45) is 1.92. The molecule has 0 aliphatic heterocycles. The lowest BCUT2D eigenvalue weighted by molar-refractivity contribution is -0.105. The number of hydrogen-bond acceptors (Lipinski definition) is 3. The zero-order chi connectivity index (χ0) is 6.41. The Morgan fingerprint density at radius 3 is 2.62 bits per heavy atom. The molecular formula is C4H7IN2O. The Kier molecular flexibility index (Phi) is 4.73. The molecule has 0 saturated heterocycles. The van der Waals surface area contributed by atoms with Gasteiger partial charge in [0.1, 0.15) is 0 Å². The second kappa shape index (κ2) is 4.89. The normalized spacial score (nSPS) is 10.9. The summed E-state index contributed by atoms with van der Waals surface area (Å²) < 4.78 is 0.694. The summed E-state index contributed by atoms with van der Waals surface area (Å²) in [6, 6.07) is 0. The number of carbonyl (C=O) groups is 1. The summed E-state index contributed by atoms with van der Waals surface area (Å²) in [5, 5.41) is 2.74. The largest absolute Gasteiger partial charge is 0.403 e. The van der Waals surface area contributed by atoms with Crippen molar-refractivity contribution in [2.75, 3.05) is 4.55 Å². The van der Waals surface area contributed by atoms with Crippen molar-refractivity contribution in [3.63, 3.8) is 0 Å². The Morgan fingerprint density at radius 1 is 1.88 bits per heavy atom. The number of carbonyl (C=O) groups excluding carboxylic acids is 1. The maximum Gasteiger partial charge on any atom is 0.167 e. The predicted molar refractivity (Wildman–Crippen MR) is 40.4 cm³/mol. The first kappa shape index (κ1) is 7.74. The van der Waals surface area contributed by atoms with E-state index in [9.17, 15) is 4.79 Å². The molecule has 0 spiro atoms. The van der Waals surface area contributed by atoms with E-state index in [0.29, 0.717) is 16.5 Å². The first-order valence-corrected chi connectivity index (χ1v) is 3.54. The summed E-state index contributed by atoms with van der Waals surface area (Å²) >= 11 is 2.08. The van der Waals surface area contributed by atoms with Crippen LogP contribution in [-0.4, -0.2) is 10.8 Å². The molecule has 0 saturated carbocycles. The summed E-state index contributed by atoms with van der Waals surface area (Å²) in [5.74, 6) is 0. The predicted octanol–water partition coefficient (Wildman–Crippen LogP) is -0.0325. The number of aldehydes is 1. The first-order chi connectivity index (χ1) is 3.85. The molecule has 3 N–H and O–H groups in total. The quantitative estimate of drug-likeness (QED) is 0.233. The van der Waals surface area contributed by atoms with E-state index in [1.165, 1.54) is 6.20 Å². The van der Waals surface area contributed by atoms with Gasteiger partial charge < -0.3 is 11.1 Å². The summed E-state index contributed by atoms with van der Waals surface area (Å²) in [5.41, 5.74) is 5.44. The van der Waals surface area contributed by atoms with Gasteiger partial charge in [-0.25, -0.2) is 0 Å². The highest BCUT2D eigenvalue weighted by molar-refractivity contribution is 14.1. The van der Waals surface area contributed by atoms with Crippen LogP contribution in [0.1, 0.15) is 0 Å². The van der Waals surface area contributed by atoms with Crippen molar-refractivity contribution in [2.45, 2.75) is 0 Å². The third-order valence-corrected chi connectivity index (χ3v) is 0.959. The number of nitrogens with two attached hydrogens (primary N) is 1. The fourth-order valence-corrected chi connectivity index (χ4v) is 0.657. The van der Waals surface area contributed by atoms with E-state index in [0.717, 1.165) is 0 Å². The molecule has 0 aromatic carbocycles. The van der Waals surface area contributed by atoms with Crippen molar-refractivity contribution < 1.29 is 4.79 Å². The van der Waals surface area contributed by atoms with Gasteiger partial charge in [0.15, 0.2) is 6.29 Å². The van der Waals surface area contributed by atoms with Gasteiger partial charge >= 0.3 is 0 Å². The average molecular weight is 226 g/mol. The van der Waals surface area contributed by atoms with Crippen LogP contribution in [0, 0.1) is 0 Å². The van der Waals surface area contributed by atoms with Crippen LogP contribution in [-0.2, 0) is 4.79 Å². The number of allylic oxidation sites excluding steroid dienone is 1. The molecule has 0 heterocycles. The number of hydrogen-bond donors (Lipinski definition) is 2. The number of nitrogens with one attached hydrogen (secondary N) is 1. The van der Waals surface area contributed by atoms with Crippen LogP contribution in [0.4, 0.5) is 0 Å². The van der Waals surface area contributed by atoms with Crippen molar-refractivity contribution in [3.05, 3.63) is 11.9 Å². The minimum Gasteiger partial charge on any atom is -0.403 e. The molecule has 0 atom stereocenters. The molecule has 46 valence electrons. The molecule has 8 heavy (non-hydrogen) atoms. The van der Waals surface area contributed by atoms with E-state index in [-0.39, 0.29) is 0 Å². The van der Waals surface area contributed by atoms with Gasteiger partial charge in [0, 0.05) is 6.20 Å². The SMILES string of the molecule is N/C=C(/C=O)NCI. The van der Waals surface area contributed by atoms with Gasteiger partial charge in [-0.1, -0.05) is 22.6 Å². The zero-order valence-corrected chi connectivity index (χ0v) is 6.38. The van der Waals surface area contributed by atoms with Crippen molar-refractivity contribution in [1.82, 2.24) is 5.32 Å². The maximum absolute atomic E-state index is 9.91. The van der Waals surface area contributed by atoms with Gasteiger partial charge in [0.05, 0.1) is 10.2 Å². The summed E-state index contributed by atoms with van der Waals surface area (Å²) in [6.45, 7) is 0. The Hall–Kier alpha value is -0.260. The van der Waals surface area contributed by atoms with Gasteiger partial charge in [-0.3, -0.25) is 4.79 Å². The molecular weight excluding hydrogens is 219 g/mol. The van der Waals surface area contributed by atoms with Crippen molar-refractivity contribution in [1.29, 1.82) is 0 Å². The molecule has 3 nitrogen and oxygen atoms in total. The first-order valence-electron chi connectivity index (χ1n) is 2.02. The van der Waals surface area contributed by atoms with E-state index in [1.54, 1.807) is 0 Å². The van der Waals surface area contributed by atoms with Gasteiger partial charge in [-0.15, -0.1) is 0 Å². The van der Waals surface area contributed by atoms with E-state index in [2.05, 4.69) is 27.9 Å². The lowest BCUT2D eigenvalue weighted by Gasteiger charge is -1.95. The Balaban J connectivity index is 3.54. The van der Waals surface area contributed by atoms with Crippen molar-refractivity contribution >= 4 is 28.9 Å². The highest BCUT2D eigenvalue weighted by Crippen LogP contribution is 1.80. The minimum atomic E-state index is 0.430. The fourth-order valence-electron chi connectivity index (χ4n) is 0.217. The molecule has 0 fully saturated rings. The molecule has 0 radical (unpaired) electrons. The smallest absolute Gasteiger partial charge is 0.167 e. The number of halogens is 1. The second-order valence-corrected chi connectivity index (χ2v) is 1.81. The van der Waals surface area contributed by atoms with Crippen LogP contribution >= 0.6 is 22.6 Å².